The van der Waals surface area contributed by atoms with Crippen molar-refractivity contribution in [3.8, 4) is 5.88 Å². The molecule has 2 heterocycles. The second-order valence-corrected chi connectivity index (χ2v) is 10.6. The van der Waals surface area contributed by atoms with Crippen LogP contribution in [0.25, 0.3) is 10.9 Å². The molecule has 202 valence electrons. The third-order valence-electron chi connectivity index (χ3n) is 6.36. The van der Waals surface area contributed by atoms with E-state index in [1.54, 1.807) is 0 Å². The van der Waals surface area contributed by atoms with Crippen LogP contribution in [0.1, 0.15) is 65.2 Å². The number of aromatic nitrogens is 2. The number of morpholine rings is 1. The van der Waals surface area contributed by atoms with E-state index in [1.807, 2.05) is 56.9 Å². The van der Waals surface area contributed by atoms with Gasteiger partial charge in [0.2, 0.25) is 5.88 Å². The standard InChI is InChI=1S/C27H38N4O6/c1-18(23-28-21-10-6-5-9-20(21)24(29-23)36-15-8-7-14-32)31(19-11-12-19)25(33)22-17-30(13-16-35-22)26(34)37-27(2,3)4/h5-6,9-10,18-19,22,32H,7-8,11-17H2,1-4H3/t18-,22-/m1/s1. The number of benzene rings is 1. The third-order valence-corrected chi connectivity index (χ3v) is 6.36. The fourth-order valence-electron chi connectivity index (χ4n) is 4.37. The molecule has 4 rings (SSSR count). The lowest BCUT2D eigenvalue weighted by molar-refractivity contribution is -0.152. The van der Waals surface area contributed by atoms with Gasteiger partial charge < -0.3 is 29.1 Å². The minimum atomic E-state index is -0.779. The van der Waals surface area contributed by atoms with Crippen LogP contribution in [0.5, 0.6) is 5.88 Å². The van der Waals surface area contributed by atoms with Gasteiger partial charge in [0.25, 0.3) is 5.91 Å². The number of fused-ring (bicyclic) bond motifs is 1. The highest BCUT2D eigenvalue weighted by molar-refractivity contribution is 5.84. The Kier molecular flexibility index (Phi) is 8.49. The second-order valence-electron chi connectivity index (χ2n) is 10.6. The molecule has 1 saturated carbocycles. The summed E-state index contributed by atoms with van der Waals surface area (Å²) in [4.78, 5) is 39.2. The van der Waals surface area contributed by atoms with Gasteiger partial charge in [0.15, 0.2) is 11.9 Å². The van der Waals surface area contributed by atoms with Crippen LogP contribution in [0, 0.1) is 0 Å². The largest absolute Gasteiger partial charge is 0.477 e. The van der Waals surface area contributed by atoms with Crippen LogP contribution in [0.2, 0.25) is 0 Å². The van der Waals surface area contributed by atoms with Crippen LogP contribution < -0.4 is 4.74 Å². The number of hydrogen-bond acceptors (Lipinski definition) is 8. The zero-order chi connectivity index (χ0) is 26.6. The summed E-state index contributed by atoms with van der Waals surface area (Å²) >= 11 is 0. The molecule has 0 unspecified atom stereocenters. The van der Waals surface area contributed by atoms with E-state index in [2.05, 4.69) is 0 Å². The van der Waals surface area contributed by atoms with E-state index in [9.17, 15) is 9.59 Å². The van der Waals surface area contributed by atoms with E-state index in [1.165, 1.54) is 4.90 Å². The molecule has 1 aromatic heterocycles. The van der Waals surface area contributed by atoms with Crippen molar-refractivity contribution in [2.24, 2.45) is 0 Å². The molecule has 0 bridgehead atoms. The summed E-state index contributed by atoms with van der Waals surface area (Å²) in [5.41, 5.74) is 0.124. The van der Waals surface area contributed by atoms with Gasteiger partial charge in [-0.25, -0.2) is 9.78 Å². The highest BCUT2D eigenvalue weighted by Gasteiger charge is 2.42. The van der Waals surface area contributed by atoms with Crippen molar-refractivity contribution < 1.29 is 28.9 Å². The van der Waals surface area contributed by atoms with Gasteiger partial charge >= 0.3 is 6.09 Å². The maximum atomic E-state index is 13.8. The molecule has 2 aliphatic rings. The van der Waals surface area contributed by atoms with E-state index in [0.29, 0.717) is 37.7 Å². The lowest BCUT2D eigenvalue weighted by atomic mass is 10.1. The molecule has 1 aliphatic heterocycles. The Labute approximate surface area is 217 Å². The number of rotatable bonds is 9. The maximum Gasteiger partial charge on any atom is 0.410 e. The number of amides is 2. The molecule has 0 spiro atoms. The molecule has 1 N–H and O–H groups in total. The predicted molar refractivity (Wildman–Crippen MR) is 137 cm³/mol. The fourth-order valence-corrected chi connectivity index (χ4v) is 4.37. The maximum absolute atomic E-state index is 13.8. The van der Waals surface area contributed by atoms with Crippen molar-refractivity contribution in [3.05, 3.63) is 30.1 Å². The molecule has 1 aliphatic carbocycles. The van der Waals surface area contributed by atoms with Crippen LogP contribution >= 0.6 is 0 Å². The van der Waals surface area contributed by atoms with E-state index in [4.69, 9.17) is 29.3 Å². The molecular formula is C27H38N4O6. The Morgan fingerprint density at radius 1 is 1.22 bits per heavy atom. The van der Waals surface area contributed by atoms with Crippen molar-refractivity contribution in [3.63, 3.8) is 0 Å². The summed E-state index contributed by atoms with van der Waals surface area (Å²) in [7, 11) is 0. The number of nitrogens with zero attached hydrogens (tertiary/aromatic N) is 4. The summed E-state index contributed by atoms with van der Waals surface area (Å²) in [6, 6.07) is 7.30. The van der Waals surface area contributed by atoms with Gasteiger partial charge in [0, 0.05) is 19.2 Å². The lowest BCUT2D eigenvalue weighted by Gasteiger charge is -2.37. The fraction of sp³-hybridized carbons (Fsp3) is 0.630. The number of carbonyl (C=O) groups is 2. The van der Waals surface area contributed by atoms with Gasteiger partial charge in [-0.05, 0) is 65.5 Å². The average Bonchev–Trinajstić information content (AvgIpc) is 3.70. The number of hydrogen-bond donors (Lipinski definition) is 1. The highest BCUT2D eigenvalue weighted by Crippen LogP contribution is 2.36. The van der Waals surface area contributed by atoms with Gasteiger partial charge in [-0.15, -0.1) is 0 Å². The number of aliphatic hydroxyl groups excluding tert-OH is 1. The summed E-state index contributed by atoms with van der Waals surface area (Å²) in [5.74, 6) is 0.792. The SMILES string of the molecule is C[C@H](c1nc(OCCCCO)c2ccccc2n1)N(C(=O)[C@H]1CN(C(=O)OC(C)(C)C)CCO1)C1CC1. The molecule has 2 fully saturated rings. The number of carbonyl (C=O) groups excluding carboxylic acids is 2. The van der Waals surface area contributed by atoms with Crippen molar-refractivity contribution in [1.29, 1.82) is 0 Å². The second kappa shape index (κ2) is 11.6. The summed E-state index contributed by atoms with van der Waals surface area (Å²) in [6.45, 7) is 8.70. The number of para-hydroxylation sites is 1. The van der Waals surface area contributed by atoms with E-state index >= 15 is 0 Å². The van der Waals surface area contributed by atoms with E-state index in [-0.39, 0.29) is 31.7 Å². The Balaban J connectivity index is 1.54. The minimum absolute atomic E-state index is 0.0759. The van der Waals surface area contributed by atoms with E-state index < -0.39 is 23.8 Å². The first kappa shape index (κ1) is 27.1. The molecule has 2 amide bonds. The van der Waals surface area contributed by atoms with Crippen molar-refractivity contribution in [1.82, 2.24) is 19.8 Å². The van der Waals surface area contributed by atoms with Crippen molar-refractivity contribution in [2.45, 2.75) is 77.2 Å². The third kappa shape index (κ3) is 6.87. The van der Waals surface area contributed by atoms with Gasteiger partial charge in [-0.2, -0.15) is 4.98 Å². The molecule has 37 heavy (non-hydrogen) atoms. The van der Waals surface area contributed by atoms with Gasteiger partial charge in [0.1, 0.15) is 5.60 Å². The summed E-state index contributed by atoms with van der Waals surface area (Å²) in [5, 5.41) is 9.87. The molecule has 10 nitrogen and oxygen atoms in total. The molecule has 2 atom stereocenters. The first-order valence-corrected chi connectivity index (χ1v) is 13.1. The number of unbranched alkanes of at least 4 members (excludes halogenated alkanes) is 1. The van der Waals surface area contributed by atoms with Crippen LogP contribution in [0.3, 0.4) is 0 Å². The van der Waals surface area contributed by atoms with E-state index in [0.717, 1.165) is 23.7 Å². The Hall–Kier alpha value is -2.98. The molecule has 10 heteroatoms. The van der Waals surface area contributed by atoms with Crippen LogP contribution in [-0.2, 0) is 14.3 Å². The quantitative estimate of drug-likeness (QED) is 0.506. The number of ether oxygens (including phenoxy) is 3. The minimum Gasteiger partial charge on any atom is -0.477 e. The van der Waals surface area contributed by atoms with Gasteiger partial charge in [-0.3, -0.25) is 4.79 Å². The Morgan fingerprint density at radius 3 is 2.68 bits per heavy atom. The molecule has 2 aromatic rings. The molecule has 0 radical (unpaired) electrons. The molecular weight excluding hydrogens is 476 g/mol. The lowest BCUT2D eigenvalue weighted by Crippen LogP contribution is -2.54. The molecule has 1 aromatic carbocycles. The zero-order valence-electron chi connectivity index (χ0n) is 22.2. The van der Waals surface area contributed by atoms with Crippen LogP contribution in [0.15, 0.2) is 24.3 Å². The Morgan fingerprint density at radius 2 is 1.97 bits per heavy atom. The smallest absolute Gasteiger partial charge is 0.410 e. The summed E-state index contributed by atoms with van der Waals surface area (Å²) < 4.78 is 17.3. The summed E-state index contributed by atoms with van der Waals surface area (Å²) in [6.07, 6.45) is 1.93. The van der Waals surface area contributed by atoms with Crippen molar-refractivity contribution >= 4 is 22.9 Å². The molecule has 1 saturated heterocycles. The van der Waals surface area contributed by atoms with Crippen LogP contribution in [-0.4, -0.2) is 87.5 Å². The number of aliphatic hydroxyl groups is 1. The first-order valence-electron chi connectivity index (χ1n) is 13.1. The average molecular weight is 515 g/mol. The monoisotopic (exact) mass is 514 g/mol. The zero-order valence-corrected chi connectivity index (χ0v) is 22.2. The normalized spacial score (nSPS) is 18.9. The Bertz CT molecular complexity index is 1100. The first-order chi connectivity index (χ1) is 17.7. The van der Waals surface area contributed by atoms with Crippen LogP contribution in [0.4, 0.5) is 4.79 Å². The highest BCUT2D eigenvalue weighted by atomic mass is 16.6. The topological polar surface area (TPSA) is 114 Å². The predicted octanol–water partition coefficient (Wildman–Crippen LogP) is 3.47. The van der Waals surface area contributed by atoms with Crippen molar-refractivity contribution in [2.75, 3.05) is 32.9 Å². The van der Waals surface area contributed by atoms with Gasteiger partial charge in [0.05, 0.1) is 36.7 Å². The van der Waals surface area contributed by atoms with Gasteiger partial charge in [-0.1, -0.05) is 12.1 Å².